The molecule has 0 saturated carbocycles. The fourth-order valence-corrected chi connectivity index (χ4v) is 3.66. The summed E-state index contributed by atoms with van der Waals surface area (Å²) in [7, 11) is 0. The van der Waals surface area contributed by atoms with E-state index in [1.807, 2.05) is 38.1 Å². The molecule has 2 aromatic carbocycles. The van der Waals surface area contributed by atoms with Crippen LogP contribution in [0.25, 0.3) is 11.3 Å². The molecule has 0 aliphatic carbocycles. The van der Waals surface area contributed by atoms with Crippen LogP contribution >= 0.6 is 15.9 Å². The van der Waals surface area contributed by atoms with E-state index in [2.05, 4.69) is 51.7 Å². The molecule has 0 spiro atoms. The van der Waals surface area contributed by atoms with Crippen molar-refractivity contribution in [2.75, 3.05) is 0 Å². The molecular formula is C21H21BrN2O. The van der Waals surface area contributed by atoms with Gasteiger partial charge < -0.3 is 10.3 Å². The van der Waals surface area contributed by atoms with E-state index in [0.29, 0.717) is 12.1 Å². The first-order valence-corrected chi connectivity index (χ1v) is 8.99. The molecule has 0 radical (unpaired) electrons. The molecule has 1 amide bonds. The first-order chi connectivity index (χ1) is 11.9. The number of hydrogen-bond donors (Lipinski definition) is 1. The van der Waals surface area contributed by atoms with Crippen molar-refractivity contribution < 1.29 is 4.79 Å². The van der Waals surface area contributed by atoms with Gasteiger partial charge in [-0.1, -0.05) is 52.3 Å². The molecule has 3 rings (SSSR count). The van der Waals surface area contributed by atoms with Crippen LogP contribution in [0.3, 0.4) is 0 Å². The second-order valence-corrected chi connectivity index (χ2v) is 7.23. The van der Waals surface area contributed by atoms with Gasteiger partial charge in [0.25, 0.3) is 5.91 Å². The van der Waals surface area contributed by atoms with Gasteiger partial charge in [0.15, 0.2) is 0 Å². The monoisotopic (exact) mass is 396 g/mol. The maximum Gasteiger partial charge on any atom is 0.250 e. The predicted molar refractivity (Wildman–Crippen MR) is 106 cm³/mol. The maximum absolute atomic E-state index is 12.0. The van der Waals surface area contributed by atoms with Gasteiger partial charge in [-0.3, -0.25) is 4.79 Å². The lowest BCUT2D eigenvalue weighted by atomic mass is 10.0. The smallest absolute Gasteiger partial charge is 0.250 e. The van der Waals surface area contributed by atoms with E-state index in [1.54, 1.807) is 0 Å². The van der Waals surface area contributed by atoms with Crippen LogP contribution in [0.5, 0.6) is 0 Å². The lowest BCUT2D eigenvalue weighted by Gasteiger charge is -2.14. The second kappa shape index (κ2) is 6.89. The summed E-state index contributed by atoms with van der Waals surface area (Å²) in [4.78, 5) is 12.0. The van der Waals surface area contributed by atoms with Gasteiger partial charge in [0.1, 0.15) is 0 Å². The van der Waals surface area contributed by atoms with E-state index < -0.39 is 0 Å². The number of aryl methyl sites for hydroxylation is 1. The van der Waals surface area contributed by atoms with Crippen LogP contribution < -0.4 is 5.73 Å². The van der Waals surface area contributed by atoms with Gasteiger partial charge in [0.2, 0.25) is 0 Å². The molecular weight excluding hydrogens is 376 g/mol. The highest BCUT2D eigenvalue weighted by molar-refractivity contribution is 9.10. The van der Waals surface area contributed by atoms with Gasteiger partial charge in [-0.05, 0) is 55.2 Å². The zero-order valence-electron chi connectivity index (χ0n) is 14.6. The van der Waals surface area contributed by atoms with Crippen LogP contribution in [-0.2, 0) is 6.54 Å². The lowest BCUT2D eigenvalue weighted by Crippen LogP contribution is -2.13. The van der Waals surface area contributed by atoms with E-state index in [4.69, 9.17) is 5.73 Å². The van der Waals surface area contributed by atoms with Gasteiger partial charge in [0.05, 0.1) is 11.3 Å². The molecule has 0 fully saturated rings. The SMILES string of the molecule is Cc1ccccc1Cn1c(C)c(C(N)=O)c(C)c1-c1ccc(Br)cc1. The molecule has 0 aliphatic rings. The zero-order chi connectivity index (χ0) is 18.1. The van der Waals surface area contributed by atoms with Crippen molar-refractivity contribution in [1.29, 1.82) is 0 Å². The number of halogens is 1. The standard InChI is InChI=1S/C21H21BrN2O/c1-13-6-4-5-7-17(13)12-24-15(3)19(21(23)25)14(2)20(24)16-8-10-18(22)11-9-16/h4-11H,12H2,1-3H3,(H2,23,25). The van der Waals surface area contributed by atoms with Crippen molar-refractivity contribution in [1.82, 2.24) is 4.57 Å². The predicted octanol–water partition coefficient (Wildman–Crippen LogP) is 4.99. The van der Waals surface area contributed by atoms with E-state index in [9.17, 15) is 4.79 Å². The summed E-state index contributed by atoms with van der Waals surface area (Å²) < 4.78 is 3.22. The molecule has 4 heteroatoms. The van der Waals surface area contributed by atoms with Gasteiger partial charge in [-0.2, -0.15) is 0 Å². The summed E-state index contributed by atoms with van der Waals surface area (Å²) in [6.07, 6.45) is 0. The Morgan fingerprint density at radius 1 is 1.04 bits per heavy atom. The van der Waals surface area contributed by atoms with Crippen molar-refractivity contribution in [3.05, 3.63) is 81.0 Å². The summed E-state index contributed by atoms with van der Waals surface area (Å²) in [6, 6.07) is 16.5. The molecule has 0 saturated heterocycles. The van der Waals surface area contributed by atoms with Crippen molar-refractivity contribution in [2.24, 2.45) is 5.73 Å². The topological polar surface area (TPSA) is 48.0 Å². The first-order valence-electron chi connectivity index (χ1n) is 8.20. The number of amides is 1. The number of nitrogens with two attached hydrogens (primary N) is 1. The number of nitrogens with zero attached hydrogens (tertiary/aromatic N) is 1. The van der Waals surface area contributed by atoms with Crippen molar-refractivity contribution >= 4 is 21.8 Å². The minimum absolute atomic E-state index is 0.378. The Morgan fingerprint density at radius 2 is 1.68 bits per heavy atom. The Hall–Kier alpha value is -2.33. The number of carbonyl (C=O) groups excluding carboxylic acids is 1. The maximum atomic E-state index is 12.0. The normalized spacial score (nSPS) is 10.9. The average Bonchev–Trinajstić information content (AvgIpc) is 2.81. The number of primary amides is 1. The van der Waals surface area contributed by atoms with Gasteiger partial charge in [-0.15, -0.1) is 0 Å². The van der Waals surface area contributed by atoms with Crippen LogP contribution in [0.2, 0.25) is 0 Å². The van der Waals surface area contributed by atoms with Gasteiger partial charge in [-0.25, -0.2) is 0 Å². The molecule has 0 atom stereocenters. The highest BCUT2D eigenvalue weighted by atomic mass is 79.9. The molecule has 0 bridgehead atoms. The van der Waals surface area contributed by atoms with E-state index in [1.165, 1.54) is 11.1 Å². The van der Waals surface area contributed by atoms with E-state index >= 15 is 0 Å². The molecule has 1 aromatic heterocycles. The highest BCUT2D eigenvalue weighted by Gasteiger charge is 2.22. The molecule has 1 heterocycles. The average molecular weight is 397 g/mol. The van der Waals surface area contributed by atoms with Crippen LogP contribution in [0.4, 0.5) is 0 Å². The minimum atomic E-state index is -0.378. The Balaban J connectivity index is 2.22. The summed E-state index contributed by atoms with van der Waals surface area (Å²) in [5, 5.41) is 0. The second-order valence-electron chi connectivity index (χ2n) is 6.32. The van der Waals surface area contributed by atoms with Crippen LogP contribution in [0.1, 0.15) is 32.7 Å². The number of aromatic nitrogens is 1. The molecule has 2 N–H and O–H groups in total. The largest absolute Gasteiger partial charge is 0.366 e. The highest BCUT2D eigenvalue weighted by Crippen LogP contribution is 2.32. The minimum Gasteiger partial charge on any atom is -0.366 e. The molecule has 0 aliphatic heterocycles. The third-order valence-electron chi connectivity index (χ3n) is 4.72. The number of hydrogen-bond acceptors (Lipinski definition) is 1. The first kappa shape index (κ1) is 17.5. The van der Waals surface area contributed by atoms with Gasteiger partial charge in [0, 0.05) is 16.7 Å². The summed E-state index contributed by atoms with van der Waals surface area (Å²) in [5.74, 6) is -0.378. The quantitative estimate of drug-likeness (QED) is 0.663. The Bertz CT molecular complexity index is 939. The van der Waals surface area contributed by atoms with E-state index in [0.717, 1.165) is 27.0 Å². The molecule has 0 unspecified atom stereocenters. The summed E-state index contributed by atoms with van der Waals surface area (Å²) >= 11 is 3.48. The Morgan fingerprint density at radius 3 is 2.28 bits per heavy atom. The number of rotatable bonds is 4. The van der Waals surface area contributed by atoms with Crippen LogP contribution in [0, 0.1) is 20.8 Å². The van der Waals surface area contributed by atoms with E-state index in [-0.39, 0.29) is 5.91 Å². The van der Waals surface area contributed by atoms with Crippen molar-refractivity contribution in [3.63, 3.8) is 0 Å². The molecule has 3 aromatic rings. The molecule has 3 nitrogen and oxygen atoms in total. The molecule has 25 heavy (non-hydrogen) atoms. The fraction of sp³-hybridized carbons (Fsp3) is 0.190. The summed E-state index contributed by atoms with van der Waals surface area (Å²) in [5.41, 5.74) is 12.7. The number of benzene rings is 2. The van der Waals surface area contributed by atoms with Gasteiger partial charge >= 0.3 is 0 Å². The Labute approximate surface area is 156 Å². The third kappa shape index (κ3) is 3.27. The fourth-order valence-electron chi connectivity index (χ4n) is 3.39. The lowest BCUT2D eigenvalue weighted by molar-refractivity contribution is 0.0999. The van der Waals surface area contributed by atoms with Crippen LogP contribution in [-0.4, -0.2) is 10.5 Å². The zero-order valence-corrected chi connectivity index (χ0v) is 16.2. The van der Waals surface area contributed by atoms with Crippen molar-refractivity contribution in [3.8, 4) is 11.3 Å². The van der Waals surface area contributed by atoms with Crippen LogP contribution in [0.15, 0.2) is 53.0 Å². The molecule has 128 valence electrons. The summed E-state index contributed by atoms with van der Waals surface area (Å²) in [6.45, 7) is 6.75. The number of carbonyl (C=O) groups is 1. The Kier molecular flexibility index (Phi) is 4.82. The third-order valence-corrected chi connectivity index (χ3v) is 5.25. The van der Waals surface area contributed by atoms with Crippen molar-refractivity contribution in [2.45, 2.75) is 27.3 Å².